The molecule has 1 unspecified atom stereocenters. The summed E-state index contributed by atoms with van der Waals surface area (Å²) in [7, 11) is 0. The lowest BCUT2D eigenvalue weighted by Crippen LogP contribution is -2.49. The van der Waals surface area contributed by atoms with Gasteiger partial charge in [-0.25, -0.2) is 4.98 Å². The van der Waals surface area contributed by atoms with Crippen LogP contribution in [0.3, 0.4) is 0 Å². The Hall–Kier alpha value is -2.67. The standard InChI is InChI=1S/C21H29N3O4/c1-13(2)7-18(20(25)26)23-19(21(27)28)9-17-10-22-12-24(17)11-16-6-5-14(3)15(4)8-16/h5-6,8,10,12-13,18-19,23H,7,9,11H2,1-4H3,(H,25,26)(H,27,28)/t18?,19-/m0/s1. The number of aromatic nitrogens is 2. The molecule has 0 radical (unpaired) electrons. The van der Waals surface area contributed by atoms with Crippen molar-refractivity contribution in [3.8, 4) is 0 Å². The maximum Gasteiger partial charge on any atom is 0.321 e. The summed E-state index contributed by atoms with van der Waals surface area (Å²) in [6.07, 6.45) is 3.83. The smallest absolute Gasteiger partial charge is 0.321 e. The predicted molar refractivity (Wildman–Crippen MR) is 106 cm³/mol. The van der Waals surface area contributed by atoms with Crippen molar-refractivity contribution < 1.29 is 19.8 Å². The molecule has 7 nitrogen and oxygen atoms in total. The number of nitrogens with zero attached hydrogens (tertiary/aromatic N) is 2. The van der Waals surface area contributed by atoms with Crippen molar-refractivity contribution in [3.05, 3.63) is 53.1 Å². The maximum atomic E-state index is 11.7. The van der Waals surface area contributed by atoms with Crippen LogP contribution in [-0.2, 0) is 22.6 Å². The minimum Gasteiger partial charge on any atom is -0.480 e. The largest absolute Gasteiger partial charge is 0.480 e. The quantitative estimate of drug-likeness (QED) is 0.579. The Balaban J connectivity index is 2.15. The van der Waals surface area contributed by atoms with Gasteiger partial charge in [0.25, 0.3) is 0 Å². The molecular formula is C21H29N3O4. The van der Waals surface area contributed by atoms with Gasteiger partial charge in [-0.1, -0.05) is 32.0 Å². The highest BCUT2D eigenvalue weighted by Crippen LogP contribution is 2.14. The molecule has 7 heteroatoms. The molecule has 0 saturated carbocycles. The number of aliphatic carboxylic acids is 2. The Bertz CT molecular complexity index is 829. The van der Waals surface area contributed by atoms with Crippen molar-refractivity contribution in [2.45, 2.75) is 59.2 Å². The van der Waals surface area contributed by atoms with E-state index in [1.807, 2.05) is 24.5 Å². The zero-order chi connectivity index (χ0) is 20.8. The topological polar surface area (TPSA) is 104 Å². The van der Waals surface area contributed by atoms with Gasteiger partial charge in [-0.05, 0) is 42.9 Å². The number of carboxylic acids is 2. The number of rotatable bonds is 10. The molecule has 1 aromatic heterocycles. The number of benzene rings is 1. The number of imidazole rings is 1. The molecule has 0 fully saturated rings. The van der Waals surface area contributed by atoms with E-state index in [1.165, 1.54) is 11.1 Å². The molecule has 1 heterocycles. The molecule has 152 valence electrons. The molecule has 3 N–H and O–H groups in total. The second-order valence-corrected chi connectivity index (χ2v) is 7.71. The Morgan fingerprint density at radius 2 is 1.79 bits per heavy atom. The van der Waals surface area contributed by atoms with E-state index in [0.717, 1.165) is 11.3 Å². The average Bonchev–Trinajstić information content (AvgIpc) is 3.03. The van der Waals surface area contributed by atoms with Crippen molar-refractivity contribution in [1.82, 2.24) is 14.9 Å². The van der Waals surface area contributed by atoms with Gasteiger partial charge >= 0.3 is 11.9 Å². The van der Waals surface area contributed by atoms with Crippen LogP contribution in [-0.4, -0.2) is 43.8 Å². The van der Waals surface area contributed by atoms with Crippen LogP contribution in [0.4, 0.5) is 0 Å². The van der Waals surface area contributed by atoms with E-state index in [1.54, 1.807) is 12.5 Å². The van der Waals surface area contributed by atoms with E-state index in [2.05, 4.69) is 36.3 Å². The number of hydrogen-bond acceptors (Lipinski definition) is 4. The third-order valence-electron chi connectivity index (χ3n) is 4.84. The number of carboxylic acid groups (broad SMARTS) is 2. The molecule has 2 atom stereocenters. The van der Waals surface area contributed by atoms with Crippen LogP contribution in [0.1, 0.15) is 42.7 Å². The Morgan fingerprint density at radius 1 is 1.11 bits per heavy atom. The zero-order valence-corrected chi connectivity index (χ0v) is 16.8. The van der Waals surface area contributed by atoms with Gasteiger partial charge in [0, 0.05) is 24.9 Å². The fraction of sp³-hybridized carbons (Fsp3) is 0.476. The fourth-order valence-electron chi connectivity index (χ4n) is 3.14. The molecule has 0 saturated heterocycles. The molecule has 0 aliphatic carbocycles. The lowest BCUT2D eigenvalue weighted by molar-refractivity contribution is -0.142. The van der Waals surface area contributed by atoms with Crippen molar-refractivity contribution in [2.24, 2.45) is 5.92 Å². The summed E-state index contributed by atoms with van der Waals surface area (Å²) in [5.74, 6) is -1.98. The van der Waals surface area contributed by atoms with Crippen LogP contribution in [0, 0.1) is 19.8 Å². The highest BCUT2D eigenvalue weighted by molar-refractivity contribution is 5.77. The van der Waals surface area contributed by atoms with Gasteiger partial charge in [-0.2, -0.15) is 0 Å². The SMILES string of the molecule is Cc1ccc(Cn2cncc2C[C@H](NC(CC(C)C)C(=O)O)C(=O)O)cc1C. The first kappa shape index (κ1) is 21.6. The first-order valence-electron chi connectivity index (χ1n) is 9.44. The van der Waals surface area contributed by atoms with E-state index in [4.69, 9.17) is 0 Å². The van der Waals surface area contributed by atoms with Gasteiger partial charge in [0.2, 0.25) is 0 Å². The molecule has 0 bridgehead atoms. The van der Waals surface area contributed by atoms with Gasteiger partial charge in [-0.15, -0.1) is 0 Å². The van der Waals surface area contributed by atoms with Crippen molar-refractivity contribution in [1.29, 1.82) is 0 Å². The monoisotopic (exact) mass is 387 g/mol. The van der Waals surface area contributed by atoms with E-state index in [0.29, 0.717) is 13.0 Å². The minimum absolute atomic E-state index is 0.137. The third-order valence-corrected chi connectivity index (χ3v) is 4.84. The van der Waals surface area contributed by atoms with Crippen molar-refractivity contribution in [3.63, 3.8) is 0 Å². The fourth-order valence-corrected chi connectivity index (χ4v) is 3.14. The number of aryl methyl sites for hydroxylation is 2. The molecule has 0 amide bonds. The highest BCUT2D eigenvalue weighted by Gasteiger charge is 2.27. The highest BCUT2D eigenvalue weighted by atomic mass is 16.4. The van der Waals surface area contributed by atoms with Gasteiger partial charge in [-0.3, -0.25) is 14.9 Å². The van der Waals surface area contributed by atoms with Crippen molar-refractivity contribution >= 4 is 11.9 Å². The maximum absolute atomic E-state index is 11.7. The molecule has 2 rings (SSSR count). The molecule has 0 aliphatic heterocycles. The summed E-state index contributed by atoms with van der Waals surface area (Å²) in [6.45, 7) is 8.51. The lowest BCUT2D eigenvalue weighted by Gasteiger charge is -2.22. The Kier molecular flexibility index (Phi) is 7.34. The summed E-state index contributed by atoms with van der Waals surface area (Å²) in [4.78, 5) is 27.4. The van der Waals surface area contributed by atoms with Gasteiger partial charge in [0.05, 0.1) is 6.33 Å². The van der Waals surface area contributed by atoms with Crippen LogP contribution < -0.4 is 5.32 Å². The molecule has 28 heavy (non-hydrogen) atoms. The summed E-state index contributed by atoms with van der Waals surface area (Å²) >= 11 is 0. The summed E-state index contributed by atoms with van der Waals surface area (Å²) in [6, 6.07) is 4.30. The van der Waals surface area contributed by atoms with E-state index in [9.17, 15) is 19.8 Å². The molecule has 2 aromatic rings. The van der Waals surface area contributed by atoms with Gasteiger partial charge in [0.1, 0.15) is 12.1 Å². The van der Waals surface area contributed by atoms with Gasteiger partial charge < -0.3 is 14.8 Å². The molecule has 1 aromatic carbocycles. The van der Waals surface area contributed by atoms with Crippen LogP contribution >= 0.6 is 0 Å². The van der Waals surface area contributed by atoms with Gasteiger partial charge in [0.15, 0.2) is 0 Å². The second kappa shape index (κ2) is 9.50. The number of carbonyl (C=O) groups is 2. The predicted octanol–water partition coefficient (Wildman–Crippen LogP) is 2.63. The Labute approximate surface area is 165 Å². The van der Waals surface area contributed by atoms with Crippen LogP contribution in [0.2, 0.25) is 0 Å². The van der Waals surface area contributed by atoms with Crippen LogP contribution in [0.15, 0.2) is 30.7 Å². The molecular weight excluding hydrogens is 358 g/mol. The second-order valence-electron chi connectivity index (χ2n) is 7.71. The normalized spacial score (nSPS) is 13.5. The van der Waals surface area contributed by atoms with Crippen molar-refractivity contribution in [2.75, 3.05) is 0 Å². The summed E-state index contributed by atoms with van der Waals surface area (Å²) in [5, 5.41) is 21.8. The summed E-state index contributed by atoms with van der Waals surface area (Å²) < 4.78 is 1.90. The van der Waals surface area contributed by atoms with Crippen LogP contribution in [0.25, 0.3) is 0 Å². The third kappa shape index (κ3) is 5.92. The molecule has 0 aliphatic rings. The Morgan fingerprint density at radius 3 is 2.36 bits per heavy atom. The lowest BCUT2D eigenvalue weighted by atomic mass is 10.0. The van der Waals surface area contributed by atoms with E-state index >= 15 is 0 Å². The first-order valence-corrected chi connectivity index (χ1v) is 9.44. The average molecular weight is 387 g/mol. The van der Waals surface area contributed by atoms with E-state index in [-0.39, 0.29) is 12.3 Å². The first-order chi connectivity index (χ1) is 13.2. The number of nitrogens with one attached hydrogen (secondary N) is 1. The summed E-state index contributed by atoms with van der Waals surface area (Å²) in [5.41, 5.74) is 4.26. The minimum atomic E-state index is -1.08. The number of hydrogen-bond donors (Lipinski definition) is 3. The molecule has 0 spiro atoms. The van der Waals surface area contributed by atoms with E-state index < -0.39 is 24.0 Å². The van der Waals surface area contributed by atoms with Crippen LogP contribution in [0.5, 0.6) is 0 Å². The zero-order valence-electron chi connectivity index (χ0n) is 16.8.